The number of carbonyl (C=O) groups is 1. The van der Waals surface area contributed by atoms with Crippen LogP contribution < -0.4 is 4.74 Å². The molecule has 0 saturated carbocycles. The third-order valence-corrected chi connectivity index (χ3v) is 3.65. The molecule has 3 rings (SSSR count). The van der Waals surface area contributed by atoms with Crippen LogP contribution in [-0.4, -0.2) is 17.5 Å². The highest BCUT2D eigenvalue weighted by atomic mass is 16.5. The van der Waals surface area contributed by atoms with Crippen LogP contribution in [-0.2, 0) is 6.61 Å². The van der Waals surface area contributed by atoms with Gasteiger partial charge >= 0.3 is 0 Å². The molecule has 102 valence electrons. The van der Waals surface area contributed by atoms with Crippen LogP contribution in [0.3, 0.4) is 0 Å². The summed E-state index contributed by atoms with van der Waals surface area (Å²) < 4.78 is 5.77. The highest BCUT2D eigenvalue weighted by Gasteiger charge is 2.38. The molecule has 0 heterocycles. The molecule has 1 aliphatic rings. The summed E-state index contributed by atoms with van der Waals surface area (Å²) in [7, 11) is 0. The maximum atomic E-state index is 12.1. The molecule has 0 spiro atoms. The molecule has 3 heteroatoms. The van der Waals surface area contributed by atoms with Gasteiger partial charge in [0.2, 0.25) is 0 Å². The number of fused-ring (bicyclic) bond motifs is 1. The number of aliphatic hydroxyl groups is 1. The number of benzene rings is 2. The molecule has 0 aliphatic heterocycles. The van der Waals surface area contributed by atoms with E-state index in [1.807, 2.05) is 48.5 Å². The van der Waals surface area contributed by atoms with Crippen LogP contribution in [0.2, 0.25) is 0 Å². The van der Waals surface area contributed by atoms with Gasteiger partial charge in [-0.1, -0.05) is 42.5 Å². The van der Waals surface area contributed by atoms with Crippen molar-refractivity contribution in [3.05, 3.63) is 65.2 Å². The van der Waals surface area contributed by atoms with E-state index in [0.29, 0.717) is 24.3 Å². The fraction of sp³-hybridized carbons (Fsp3) is 0.235. The van der Waals surface area contributed by atoms with Crippen molar-refractivity contribution in [1.29, 1.82) is 0 Å². The zero-order valence-electron chi connectivity index (χ0n) is 11.1. The van der Waals surface area contributed by atoms with Crippen LogP contribution in [0.5, 0.6) is 5.75 Å². The molecule has 0 amide bonds. The smallest absolute Gasteiger partial charge is 0.174 e. The summed E-state index contributed by atoms with van der Waals surface area (Å²) >= 11 is 0. The lowest BCUT2D eigenvalue weighted by atomic mass is 9.74. The molecule has 0 radical (unpaired) electrons. The summed E-state index contributed by atoms with van der Waals surface area (Å²) in [4.78, 5) is 12.1. The van der Waals surface area contributed by atoms with Crippen LogP contribution >= 0.6 is 0 Å². The second-order valence-electron chi connectivity index (χ2n) is 4.92. The average Bonchev–Trinajstić information content (AvgIpc) is 2.51. The van der Waals surface area contributed by atoms with Gasteiger partial charge in [-0.2, -0.15) is 0 Å². The Labute approximate surface area is 117 Å². The van der Waals surface area contributed by atoms with Crippen molar-refractivity contribution >= 4 is 5.78 Å². The van der Waals surface area contributed by atoms with E-state index in [-0.39, 0.29) is 18.3 Å². The van der Waals surface area contributed by atoms with Gasteiger partial charge in [-0.25, -0.2) is 0 Å². The summed E-state index contributed by atoms with van der Waals surface area (Å²) in [5.41, 5.74) is 2.75. The summed E-state index contributed by atoms with van der Waals surface area (Å²) in [6.07, 6.45) is 0.494. The van der Waals surface area contributed by atoms with E-state index in [2.05, 4.69) is 0 Å². The lowest BCUT2D eigenvalue weighted by Gasteiger charge is -2.29. The van der Waals surface area contributed by atoms with Gasteiger partial charge in [0.25, 0.3) is 0 Å². The maximum absolute atomic E-state index is 12.1. The summed E-state index contributed by atoms with van der Waals surface area (Å²) in [6.45, 7) is 0.486. The number of carbonyl (C=O) groups excluding carboxylic acids is 1. The third kappa shape index (κ3) is 2.21. The van der Waals surface area contributed by atoms with Gasteiger partial charge in [0.15, 0.2) is 5.78 Å². The molecule has 1 aliphatic carbocycles. The zero-order valence-corrected chi connectivity index (χ0v) is 11.1. The van der Waals surface area contributed by atoms with Gasteiger partial charge in [0.05, 0.1) is 11.5 Å². The quantitative estimate of drug-likeness (QED) is 0.907. The first kappa shape index (κ1) is 12.9. The monoisotopic (exact) mass is 268 g/mol. The van der Waals surface area contributed by atoms with E-state index in [0.717, 1.165) is 11.1 Å². The minimum Gasteiger partial charge on any atom is -0.488 e. The molecular formula is C17H16O3. The van der Waals surface area contributed by atoms with Gasteiger partial charge < -0.3 is 9.84 Å². The summed E-state index contributed by atoms with van der Waals surface area (Å²) in [6, 6.07) is 15.5. The van der Waals surface area contributed by atoms with Gasteiger partial charge in [0, 0.05) is 6.61 Å². The molecule has 3 nitrogen and oxygen atoms in total. The molecule has 1 N–H and O–H groups in total. The molecule has 2 aromatic rings. The molecule has 1 atom stereocenters. The summed E-state index contributed by atoms with van der Waals surface area (Å²) in [5, 5.41) is 8.98. The molecule has 1 unspecified atom stereocenters. The Balaban J connectivity index is 1.77. The van der Waals surface area contributed by atoms with Crippen molar-refractivity contribution < 1.29 is 14.6 Å². The van der Waals surface area contributed by atoms with E-state index >= 15 is 0 Å². The van der Waals surface area contributed by atoms with Crippen molar-refractivity contribution in [2.45, 2.75) is 18.9 Å². The molecule has 0 bridgehead atoms. The van der Waals surface area contributed by atoms with Crippen molar-refractivity contribution in [1.82, 2.24) is 0 Å². The van der Waals surface area contributed by atoms with Crippen LogP contribution in [0.25, 0.3) is 0 Å². The molecule has 0 saturated heterocycles. The topological polar surface area (TPSA) is 46.5 Å². The number of rotatable bonds is 5. The first-order valence-corrected chi connectivity index (χ1v) is 6.76. The van der Waals surface area contributed by atoms with E-state index in [1.165, 1.54) is 0 Å². The first-order valence-electron chi connectivity index (χ1n) is 6.76. The van der Waals surface area contributed by atoms with Crippen LogP contribution in [0.15, 0.2) is 48.5 Å². The predicted octanol–water partition coefficient (Wildman–Crippen LogP) is 2.93. The largest absolute Gasteiger partial charge is 0.488 e. The van der Waals surface area contributed by atoms with Gasteiger partial charge in [-0.15, -0.1) is 0 Å². The van der Waals surface area contributed by atoms with Crippen molar-refractivity contribution in [3.8, 4) is 5.75 Å². The van der Waals surface area contributed by atoms with Crippen molar-refractivity contribution in [2.24, 2.45) is 0 Å². The molecule has 0 aromatic heterocycles. The Morgan fingerprint density at radius 3 is 2.60 bits per heavy atom. The average molecular weight is 268 g/mol. The number of aliphatic hydroxyl groups excluding tert-OH is 1. The fourth-order valence-corrected chi connectivity index (χ4v) is 2.61. The number of hydrogen-bond acceptors (Lipinski definition) is 3. The fourth-order valence-electron chi connectivity index (χ4n) is 2.61. The van der Waals surface area contributed by atoms with Crippen LogP contribution in [0.4, 0.5) is 0 Å². The van der Waals surface area contributed by atoms with Gasteiger partial charge in [-0.3, -0.25) is 4.79 Å². The Hall–Kier alpha value is -2.13. The first-order chi connectivity index (χ1) is 9.81. The SMILES string of the molecule is O=C1c2c(OCc3ccccc3)cccc2C1CCO. The number of ether oxygens (including phenoxy) is 1. The number of Topliss-reactive ketones (excluding diaryl/α,β-unsaturated/α-hetero) is 1. The number of ketones is 1. The normalized spacial score (nSPS) is 16.4. The van der Waals surface area contributed by atoms with E-state index in [1.54, 1.807) is 0 Å². The lowest BCUT2D eigenvalue weighted by Crippen LogP contribution is -2.28. The Morgan fingerprint density at radius 1 is 1.05 bits per heavy atom. The van der Waals surface area contributed by atoms with Crippen molar-refractivity contribution in [2.75, 3.05) is 6.61 Å². The molecule has 0 fully saturated rings. The van der Waals surface area contributed by atoms with Gasteiger partial charge in [-0.05, 0) is 23.6 Å². The zero-order chi connectivity index (χ0) is 13.9. The summed E-state index contributed by atoms with van der Waals surface area (Å²) in [5.74, 6) is 0.568. The second-order valence-corrected chi connectivity index (χ2v) is 4.92. The third-order valence-electron chi connectivity index (χ3n) is 3.65. The highest BCUT2D eigenvalue weighted by Crippen LogP contribution is 2.42. The Kier molecular flexibility index (Phi) is 3.52. The minimum absolute atomic E-state index is 0.0327. The minimum atomic E-state index is -0.157. The van der Waals surface area contributed by atoms with Crippen LogP contribution in [0.1, 0.15) is 33.8 Å². The van der Waals surface area contributed by atoms with Crippen LogP contribution in [0, 0.1) is 0 Å². The lowest BCUT2D eigenvalue weighted by molar-refractivity contribution is 0.0901. The highest BCUT2D eigenvalue weighted by molar-refractivity contribution is 6.12. The van der Waals surface area contributed by atoms with Crippen molar-refractivity contribution in [3.63, 3.8) is 0 Å². The number of hydrogen-bond donors (Lipinski definition) is 1. The maximum Gasteiger partial charge on any atom is 0.174 e. The second kappa shape index (κ2) is 5.47. The van der Waals surface area contributed by atoms with E-state index < -0.39 is 0 Å². The molecule has 20 heavy (non-hydrogen) atoms. The molecular weight excluding hydrogens is 252 g/mol. The predicted molar refractivity (Wildman–Crippen MR) is 76.0 cm³/mol. The Bertz CT molecular complexity index is 619. The van der Waals surface area contributed by atoms with E-state index in [4.69, 9.17) is 9.84 Å². The Morgan fingerprint density at radius 2 is 1.85 bits per heavy atom. The standard InChI is InChI=1S/C17H16O3/c18-10-9-14-13-7-4-8-15(16(13)17(14)19)20-11-12-5-2-1-3-6-12/h1-8,14,18H,9-11H2. The van der Waals surface area contributed by atoms with Gasteiger partial charge in [0.1, 0.15) is 12.4 Å². The van der Waals surface area contributed by atoms with E-state index in [9.17, 15) is 4.79 Å². The molecule has 2 aromatic carbocycles.